The van der Waals surface area contributed by atoms with E-state index >= 15 is 0 Å². The van der Waals surface area contributed by atoms with E-state index in [1.54, 1.807) is 0 Å². The van der Waals surface area contributed by atoms with Crippen molar-refractivity contribution in [1.82, 2.24) is 0 Å². The SMILES string of the molecule is C=CCC(C#N)C12CC3CC(CC(C3)C1)C2. The van der Waals surface area contributed by atoms with Crippen molar-refractivity contribution in [3.05, 3.63) is 12.7 Å². The molecule has 0 aromatic heterocycles. The van der Waals surface area contributed by atoms with Crippen LogP contribution in [0.3, 0.4) is 0 Å². The van der Waals surface area contributed by atoms with Crippen LogP contribution in [0.5, 0.6) is 0 Å². The van der Waals surface area contributed by atoms with E-state index in [1.807, 2.05) is 6.08 Å². The highest BCUT2D eigenvalue weighted by Crippen LogP contribution is 2.63. The third kappa shape index (κ3) is 1.43. The lowest BCUT2D eigenvalue weighted by Gasteiger charge is -2.58. The van der Waals surface area contributed by atoms with Gasteiger partial charge in [0.2, 0.25) is 0 Å². The van der Waals surface area contributed by atoms with E-state index in [-0.39, 0.29) is 5.92 Å². The highest BCUT2D eigenvalue weighted by Gasteiger charge is 2.53. The van der Waals surface area contributed by atoms with Crippen molar-refractivity contribution in [2.45, 2.75) is 44.9 Å². The molecule has 0 aromatic rings. The molecule has 4 aliphatic carbocycles. The largest absolute Gasteiger partial charge is 0.198 e. The van der Waals surface area contributed by atoms with Gasteiger partial charge in [-0.1, -0.05) is 6.08 Å². The number of rotatable bonds is 3. The monoisotopic (exact) mass is 215 g/mol. The van der Waals surface area contributed by atoms with Crippen molar-refractivity contribution >= 4 is 0 Å². The lowest BCUT2D eigenvalue weighted by atomic mass is 9.46. The van der Waals surface area contributed by atoms with Gasteiger partial charge in [-0.25, -0.2) is 0 Å². The van der Waals surface area contributed by atoms with Crippen molar-refractivity contribution in [3.8, 4) is 6.07 Å². The second-order valence-corrected chi connectivity index (χ2v) is 6.49. The average Bonchev–Trinajstić information content (AvgIpc) is 2.23. The molecule has 4 aliphatic rings. The van der Waals surface area contributed by atoms with Crippen LogP contribution >= 0.6 is 0 Å². The zero-order valence-electron chi connectivity index (χ0n) is 9.99. The quantitative estimate of drug-likeness (QED) is 0.655. The molecule has 0 amide bonds. The maximum atomic E-state index is 9.42. The Balaban J connectivity index is 1.87. The van der Waals surface area contributed by atoms with Crippen molar-refractivity contribution in [1.29, 1.82) is 5.26 Å². The molecule has 0 N–H and O–H groups in total. The fourth-order valence-electron chi connectivity index (χ4n) is 5.21. The zero-order valence-corrected chi connectivity index (χ0v) is 9.99. The van der Waals surface area contributed by atoms with Gasteiger partial charge < -0.3 is 0 Å². The predicted molar refractivity (Wildman–Crippen MR) is 64.5 cm³/mol. The summed E-state index contributed by atoms with van der Waals surface area (Å²) in [6.45, 7) is 3.82. The fourth-order valence-corrected chi connectivity index (χ4v) is 5.21. The summed E-state index contributed by atoms with van der Waals surface area (Å²) in [6, 6.07) is 2.59. The summed E-state index contributed by atoms with van der Waals surface area (Å²) in [4.78, 5) is 0. The van der Waals surface area contributed by atoms with Gasteiger partial charge in [-0.2, -0.15) is 5.26 Å². The molecule has 1 unspecified atom stereocenters. The van der Waals surface area contributed by atoms with Gasteiger partial charge in [-0.15, -0.1) is 6.58 Å². The Morgan fingerprint density at radius 3 is 2.06 bits per heavy atom. The second-order valence-electron chi connectivity index (χ2n) is 6.49. The lowest BCUT2D eigenvalue weighted by Crippen LogP contribution is -2.49. The summed E-state index contributed by atoms with van der Waals surface area (Å²) in [7, 11) is 0. The number of nitriles is 1. The smallest absolute Gasteiger partial charge is 0.0664 e. The minimum absolute atomic E-state index is 0.249. The molecule has 0 radical (unpaired) electrons. The molecule has 0 aromatic carbocycles. The maximum Gasteiger partial charge on any atom is 0.0664 e. The Morgan fingerprint density at radius 2 is 1.69 bits per heavy atom. The first kappa shape index (κ1) is 10.4. The first-order valence-electron chi connectivity index (χ1n) is 6.76. The summed E-state index contributed by atoms with van der Waals surface area (Å²) < 4.78 is 0. The minimum Gasteiger partial charge on any atom is -0.198 e. The van der Waals surface area contributed by atoms with Crippen LogP contribution in [0.25, 0.3) is 0 Å². The Bertz CT molecular complexity index is 301. The summed E-state index contributed by atoms with van der Waals surface area (Å²) in [6.07, 6.45) is 11.3. The lowest BCUT2D eigenvalue weighted by molar-refractivity contribution is -0.0740. The maximum absolute atomic E-state index is 9.42. The summed E-state index contributed by atoms with van der Waals surface area (Å²) in [5, 5.41) is 9.42. The number of allylic oxidation sites excluding steroid dienone is 1. The summed E-state index contributed by atoms with van der Waals surface area (Å²) in [5.41, 5.74) is 0.387. The fraction of sp³-hybridized carbons (Fsp3) is 0.800. The van der Waals surface area contributed by atoms with Gasteiger partial charge >= 0.3 is 0 Å². The highest BCUT2D eigenvalue weighted by atomic mass is 14.6. The molecule has 4 bridgehead atoms. The molecule has 86 valence electrons. The van der Waals surface area contributed by atoms with Gasteiger partial charge in [0.15, 0.2) is 0 Å². The normalized spacial score (nSPS) is 46.3. The van der Waals surface area contributed by atoms with E-state index in [0.717, 1.165) is 24.2 Å². The first-order valence-corrected chi connectivity index (χ1v) is 6.76. The van der Waals surface area contributed by atoms with E-state index in [0.29, 0.717) is 5.41 Å². The Hall–Kier alpha value is -0.770. The molecular weight excluding hydrogens is 194 g/mol. The molecule has 1 nitrogen and oxygen atoms in total. The van der Waals surface area contributed by atoms with Crippen molar-refractivity contribution in [2.75, 3.05) is 0 Å². The molecule has 1 heteroatoms. The van der Waals surface area contributed by atoms with Crippen LogP contribution in [0, 0.1) is 40.4 Å². The van der Waals surface area contributed by atoms with Crippen molar-refractivity contribution < 1.29 is 0 Å². The number of nitrogens with zero attached hydrogens (tertiary/aromatic N) is 1. The molecule has 4 fully saturated rings. The van der Waals surface area contributed by atoms with E-state index in [9.17, 15) is 5.26 Å². The average molecular weight is 215 g/mol. The van der Waals surface area contributed by atoms with Gasteiger partial charge in [0.05, 0.1) is 12.0 Å². The molecule has 0 heterocycles. The standard InChI is InChI=1S/C15H21N/c1-2-3-14(10-16)15-7-11-4-12(8-15)6-13(5-11)9-15/h2,11-14H,1,3-9H2. The van der Waals surface area contributed by atoms with Gasteiger partial charge in [0.1, 0.15) is 0 Å². The van der Waals surface area contributed by atoms with Crippen LogP contribution in [0.15, 0.2) is 12.7 Å². The molecule has 16 heavy (non-hydrogen) atoms. The highest BCUT2D eigenvalue weighted by molar-refractivity contribution is 5.09. The molecule has 1 atom stereocenters. The second kappa shape index (κ2) is 3.62. The third-order valence-electron chi connectivity index (χ3n) is 5.38. The van der Waals surface area contributed by atoms with Gasteiger partial charge in [-0.05, 0) is 68.1 Å². The van der Waals surface area contributed by atoms with E-state index in [4.69, 9.17) is 0 Å². The topological polar surface area (TPSA) is 23.8 Å². The molecule has 0 saturated heterocycles. The summed E-state index contributed by atoms with van der Waals surface area (Å²) in [5.74, 6) is 3.10. The molecule has 4 saturated carbocycles. The molecular formula is C15H21N. The predicted octanol–water partition coefficient (Wildman–Crippen LogP) is 3.92. The van der Waals surface area contributed by atoms with Crippen LogP contribution in [-0.4, -0.2) is 0 Å². The van der Waals surface area contributed by atoms with Crippen LogP contribution in [0.1, 0.15) is 44.9 Å². The minimum atomic E-state index is 0.249. The van der Waals surface area contributed by atoms with Crippen molar-refractivity contribution in [2.24, 2.45) is 29.1 Å². The number of hydrogen-bond donors (Lipinski definition) is 0. The van der Waals surface area contributed by atoms with Crippen LogP contribution in [-0.2, 0) is 0 Å². The Kier molecular flexibility index (Phi) is 2.35. The van der Waals surface area contributed by atoms with Gasteiger partial charge in [-0.3, -0.25) is 0 Å². The van der Waals surface area contributed by atoms with Gasteiger partial charge in [0, 0.05) is 0 Å². The number of hydrogen-bond acceptors (Lipinski definition) is 1. The zero-order chi connectivity index (χ0) is 11.2. The first-order chi connectivity index (χ1) is 7.75. The van der Waals surface area contributed by atoms with Gasteiger partial charge in [0.25, 0.3) is 0 Å². The van der Waals surface area contributed by atoms with Crippen LogP contribution < -0.4 is 0 Å². The van der Waals surface area contributed by atoms with Crippen LogP contribution in [0.4, 0.5) is 0 Å². The third-order valence-corrected chi connectivity index (χ3v) is 5.38. The molecule has 0 spiro atoms. The Morgan fingerprint density at radius 1 is 1.19 bits per heavy atom. The van der Waals surface area contributed by atoms with Crippen molar-refractivity contribution in [3.63, 3.8) is 0 Å². The van der Waals surface area contributed by atoms with E-state index in [2.05, 4.69) is 12.6 Å². The molecule has 4 rings (SSSR count). The summed E-state index contributed by atoms with van der Waals surface area (Å²) >= 11 is 0. The van der Waals surface area contributed by atoms with Crippen LogP contribution in [0.2, 0.25) is 0 Å². The van der Waals surface area contributed by atoms with E-state index < -0.39 is 0 Å². The molecule has 0 aliphatic heterocycles. The Labute approximate surface area is 98.5 Å². The van der Waals surface area contributed by atoms with E-state index in [1.165, 1.54) is 38.5 Å².